The first-order valence-electron chi connectivity index (χ1n) is 3.70. The molecule has 1 aliphatic rings. The summed E-state index contributed by atoms with van der Waals surface area (Å²) in [5.41, 5.74) is 0. The molecular formula is C7H16N2S. The van der Waals surface area contributed by atoms with E-state index in [1.807, 2.05) is 0 Å². The maximum atomic E-state index is 4.34. The Balaban J connectivity index is 2.18. The van der Waals surface area contributed by atoms with Crippen LogP contribution in [0.2, 0.25) is 0 Å². The van der Waals surface area contributed by atoms with E-state index in [0.717, 1.165) is 6.04 Å². The van der Waals surface area contributed by atoms with Gasteiger partial charge in [0.25, 0.3) is 0 Å². The summed E-state index contributed by atoms with van der Waals surface area (Å²) in [6.45, 7) is 4.48. The fourth-order valence-electron chi connectivity index (χ4n) is 1.12. The second-order valence-electron chi connectivity index (χ2n) is 3.20. The lowest BCUT2D eigenvalue weighted by molar-refractivity contribution is 0.0595. The molecule has 0 amide bonds. The van der Waals surface area contributed by atoms with Gasteiger partial charge in [-0.15, -0.1) is 0 Å². The molecule has 1 atom stereocenters. The molecule has 0 aromatic carbocycles. The molecule has 1 heterocycles. The van der Waals surface area contributed by atoms with Crippen molar-refractivity contribution >= 4 is 12.6 Å². The summed E-state index contributed by atoms with van der Waals surface area (Å²) in [6, 6.07) is 0.759. The highest BCUT2D eigenvalue weighted by Gasteiger charge is 2.29. The lowest BCUT2D eigenvalue weighted by atomic mass is 10.1. The molecule has 60 valence electrons. The number of hydrogen-bond donors (Lipinski definition) is 1. The van der Waals surface area contributed by atoms with Crippen LogP contribution < -0.4 is 0 Å². The Bertz CT molecular complexity index is 96.2. The molecule has 2 nitrogen and oxygen atoms in total. The molecule has 0 radical (unpaired) electrons. The maximum absolute atomic E-state index is 4.34. The Morgan fingerprint density at radius 3 is 2.30 bits per heavy atom. The number of rotatable bonds is 2. The van der Waals surface area contributed by atoms with Crippen molar-refractivity contribution in [1.82, 2.24) is 9.80 Å². The lowest BCUT2D eigenvalue weighted by Crippen LogP contribution is -2.58. The molecule has 0 bridgehead atoms. The van der Waals surface area contributed by atoms with Crippen LogP contribution in [0.1, 0.15) is 6.92 Å². The molecule has 1 saturated heterocycles. The van der Waals surface area contributed by atoms with Gasteiger partial charge in [-0.3, -0.25) is 4.90 Å². The van der Waals surface area contributed by atoms with Gasteiger partial charge in [0.1, 0.15) is 0 Å². The van der Waals surface area contributed by atoms with Gasteiger partial charge in [0.2, 0.25) is 0 Å². The zero-order valence-electron chi connectivity index (χ0n) is 6.91. The van der Waals surface area contributed by atoms with Gasteiger partial charge in [-0.05, 0) is 21.0 Å². The number of hydrogen-bond acceptors (Lipinski definition) is 3. The number of likely N-dealkylation sites (tertiary alicyclic amines) is 1. The molecule has 0 spiro atoms. The molecule has 0 N–H and O–H groups in total. The molecule has 1 fully saturated rings. The summed E-state index contributed by atoms with van der Waals surface area (Å²) < 4.78 is 0. The highest BCUT2D eigenvalue weighted by atomic mass is 32.1. The van der Waals surface area contributed by atoms with Gasteiger partial charge in [-0.1, -0.05) is 0 Å². The van der Waals surface area contributed by atoms with E-state index in [4.69, 9.17) is 0 Å². The van der Waals surface area contributed by atoms with E-state index < -0.39 is 0 Å². The van der Waals surface area contributed by atoms with Crippen molar-refractivity contribution in [2.45, 2.75) is 18.3 Å². The average molecular weight is 160 g/mol. The van der Waals surface area contributed by atoms with E-state index >= 15 is 0 Å². The van der Waals surface area contributed by atoms with Gasteiger partial charge in [0.05, 0.1) is 5.37 Å². The van der Waals surface area contributed by atoms with Crippen molar-refractivity contribution in [3.63, 3.8) is 0 Å². The summed E-state index contributed by atoms with van der Waals surface area (Å²) in [7, 11) is 4.26. The molecule has 10 heavy (non-hydrogen) atoms. The zero-order chi connectivity index (χ0) is 7.72. The molecular weight excluding hydrogens is 144 g/mol. The zero-order valence-corrected chi connectivity index (χ0v) is 7.80. The monoisotopic (exact) mass is 160 g/mol. The van der Waals surface area contributed by atoms with E-state index in [2.05, 4.69) is 43.4 Å². The van der Waals surface area contributed by atoms with E-state index in [9.17, 15) is 0 Å². The minimum absolute atomic E-state index is 0.427. The first-order valence-corrected chi connectivity index (χ1v) is 4.21. The molecule has 0 aliphatic carbocycles. The summed E-state index contributed by atoms with van der Waals surface area (Å²) >= 11 is 4.34. The Morgan fingerprint density at radius 1 is 1.50 bits per heavy atom. The predicted molar refractivity (Wildman–Crippen MR) is 47.5 cm³/mol. The molecule has 3 heteroatoms. The maximum Gasteiger partial charge on any atom is 0.0500 e. The smallest absolute Gasteiger partial charge is 0.0500 e. The van der Waals surface area contributed by atoms with E-state index in [1.54, 1.807) is 0 Å². The highest BCUT2D eigenvalue weighted by Crippen LogP contribution is 2.16. The SMILES string of the molecule is CC(S)N1CC(N(C)C)C1. The first-order chi connectivity index (χ1) is 4.61. The third-order valence-electron chi connectivity index (χ3n) is 2.15. The second kappa shape index (κ2) is 3.11. The van der Waals surface area contributed by atoms with Crippen LogP contribution >= 0.6 is 12.6 Å². The quantitative estimate of drug-likeness (QED) is 0.588. The van der Waals surface area contributed by atoms with Gasteiger partial charge >= 0.3 is 0 Å². The van der Waals surface area contributed by atoms with Crippen LogP contribution in [-0.2, 0) is 0 Å². The first kappa shape index (κ1) is 8.37. The lowest BCUT2D eigenvalue weighted by Gasteiger charge is -2.44. The molecule has 1 rings (SSSR count). The van der Waals surface area contributed by atoms with E-state index in [1.165, 1.54) is 13.1 Å². The van der Waals surface area contributed by atoms with Crippen molar-refractivity contribution in [3.05, 3.63) is 0 Å². The van der Waals surface area contributed by atoms with Crippen LogP contribution in [-0.4, -0.2) is 48.4 Å². The van der Waals surface area contributed by atoms with Gasteiger partial charge in [0, 0.05) is 19.1 Å². The van der Waals surface area contributed by atoms with Gasteiger partial charge < -0.3 is 4.90 Å². The van der Waals surface area contributed by atoms with Gasteiger partial charge in [0.15, 0.2) is 0 Å². The van der Waals surface area contributed by atoms with E-state index in [-0.39, 0.29) is 0 Å². The normalized spacial score (nSPS) is 24.9. The fraction of sp³-hybridized carbons (Fsp3) is 1.00. The van der Waals surface area contributed by atoms with Crippen LogP contribution in [0.4, 0.5) is 0 Å². The second-order valence-corrected chi connectivity index (χ2v) is 3.95. The van der Waals surface area contributed by atoms with Crippen molar-refractivity contribution in [2.75, 3.05) is 27.2 Å². The Labute approximate surface area is 68.6 Å². The molecule has 1 unspecified atom stereocenters. The van der Waals surface area contributed by atoms with Crippen molar-refractivity contribution in [3.8, 4) is 0 Å². The summed E-state index contributed by atoms with van der Waals surface area (Å²) in [5, 5.41) is 0.427. The third-order valence-corrected chi connectivity index (χ3v) is 2.48. The van der Waals surface area contributed by atoms with Gasteiger partial charge in [-0.25, -0.2) is 0 Å². The minimum Gasteiger partial charge on any atom is -0.304 e. The predicted octanol–water partition coefficient (Wildman–Crippen LogP) is 0.508. The molecule has 0 aromatic rings. The third kappa shape index (κ3) is 1.65. The molecule has 0 aromatic heterocycles. The van der Waals surface area contributed by atoms with Gasteiger partial charge in [-0.2, -0.15) is 12.6 Å². The topological polar surface area (TPSA) is 6.48 Å². The van der Waals surface area contributed by atoms with E-state index in [0.29, 0.717) is 5.37 Å². The number of nitrogens with zero attached hydrogens (tertiary/aromatic N) is 2. The largest absolute Gasteiger partial charge is 0.304 e. The molecule has 0 saturated carbocycles. The van der Waals surface area contributed by atoms with Crippen LogP contribution in [0.5, 0.6) is 0 Å². The fourth-order valence-corrected chi connectivity index (χ4v) is 1.31. The summed E-state index contributed by atoms with van der Waals surface area (Å²) in [5.74, 6) is 0. The van der Waals surface area contributed by atoms with Crippen LogP contribution in [0, 0.1) is 0 Å². The van der Waals surface area contributed by atoms with Crippen LogP contribution in [0.3, 0.4) is 0 Å². The number of thiol groups is 1. The molecule has 1 aliphatic heterocycles. The summed E-state index contributed by atoms with van der Waals surface area (Å²) in [4.78, 5) is 4.63. The van der Waals surface area contributed by atoms with Crippen LogP contribution in [0.15, 0.2) is 0 Å². The van der Waals surface area contributed by atoms with Crippen LogP contribution in [0.25, 0.3) is 0 Å². The number of likely N-dealkylation sites (N-methyl/N-ethyl adjacent to an activating group) is 1. The summed E-state index contributed by atoms with van der Waals surface area (Å²) in [6.07, 6.45) is 0. The standard InChI is InChI=1S/C7H16N2S/c1-6(10)9-4-7(5-9)8(2)3/h6-7,10H,4-5H2,1-3H3. The van der Waals surface area contributed by atoms with Crippen molar-refractivity contribution in [1.29, 1.82) is 0 Å². The Morgan fingerprint density at radius 2 is 2.00 bits per heavy atom. The highest BCUT2D eigenvalue weighted by molar-refractivity contribution is 7.80. The van der Waals surface area contributed by atoms with Crippen molar-refractivity contribution < 1.29 is 0 Å². The van der Waals surface area contributed by atoms with Crippen molar-refractivity contribution in [2.24, 2.45) is 0 Å². The Kier molecular flexibility index (Phi) is 2.61. The Hall–Kier alpha value is 0.270. The average Bonchev–Trinajstić information content (AvgIpc) is 1.56. The minimum atomic E-state index is 0.427.